The van der Waals surface area contributed by atoms with Crippen molar-refractivity contribution in [2.24, 2.45) is 0 Å². The molecule has 0 saturated carbocycles. The van der Waals surface area contributed by atoms with E-state index in [1.54, 1.807) is 19.5 Å². The van der Waals surface area contributed by atoms with E-state index in [9.17, 15) is 0 Å². The average molecular weight is 357 g/mol. The fourth-order valence-corrected chi connectivity index (χ4v) is 2.95. The van der Waals surface area contributed by atoms with E-state index >= 15 is 0 Å². The molecule has 1 fully saturated rings. The molecule has 26 heavy (non-hydrogen) atoms. The second kappa shape index (κ2) is 9.52. The van der Waals surface area contributed by atoms with Gasteiger partial charge in [0.1, 0.15) is 6.61 Å². The first-order valence-corrected chi connectivity index (χ1v) is 8.94. The van der Waals surface area contributed by atoms with E-state index in [2.05, 4.69) is 28.3 Å². The summed E-state index contributed by atoms with van der Waals surface area (Å²) in [5.74, 6) is 1.48. The quantitative estimate of drug-likeness (QED) is 0.781. The molecule has 1 aliphatic rings. The van der Waals surface area contributed by atoms with E-state index in [0.717, 1.165) is 55.4 Å². The minimum absolute atomic E-state index is 0.249. The summed E-state index contributed by atoms with van der Waals surface area (Å²) in [5.41, 5.74) is 2.23. The Morgan fingerprint density at radius 1 is 1.19 bits per heavy atom. The molecule has 0 spiro atoms. The molecular formula is C20H27N3O3. The van der Waals surface area contributed by atoms with Gasteiger partial charge in [-0.2, -0.15) is 0 Å². The third-order valence-electron chi connectivity index (χ3n) is 4.41. The summed E-state index contributed by atoms with van der Waals surface area (Å²) in [6.07, 6.45) is 3.77. The number of nitrogens with zero attached hydrogens (tertiary/aromatic N) is 2. The number of hydrogen-bond donors (Lipinski definition) is 1. The molecular weight excluding hydrogens is 330 g/mol. The Labute approximate surface area is 155 Å². The Bertz CT molecular complexity index is 681. The summed E-state index contributed by atoms with van der Waals surface area (Å²) in [6, 6.07) is 9.92. The smallest absolute Gasteiger partial charge is 0.161 e. The molecule has 0 amide bonds. The van der Waals surface area contributed by atoms with E-state index in [4.69, 9.17) is 14.2 Å². The molecule has 1 aromatic heterocycles. The molecule has 3 rings (SSSR count). The van der Waals surface area contributed by atoms with Gasteiger partial charge in [0.05, 0.1) is 19.8 Å². The zero-order valence-corrected chi connectivity index (χ0v) is 15.5. The Balaban J connectivity index is 1.51. The summed E-state index contributed by atoms with van der Waals surface area (Å²) in [5, 5.41) is 3.47. The van der Waals surface area contributed by atoms with E-state index in [-0.39, 0.29) is 6.10 Å². The molecule has 2 aromatic rings. The maximum atomic E-state index is 5.88. The topological polar surface area (TPSA) is 55.9 Å². The van der Waals surface area contributed by atoms with Crippen LogP contribution in [-0.4, -0.2) is 56.4 Å². The summed E-state index contributed by atoms with van der Waals surface area (Å²) in [6.45, 7) is 4.88. The highest BCUT2D eigenvalue weighted by molar-refractivity contribution is 5.43. The predicted molar refractivity (Wildman–Crippen MR) is 101 cm³/mol. The molecule has 1 saturated heterocycles. The van der Waals surface area contributed by atoms with Crippen molar-refractivity contribution in [1.82, 2.24) is 15.2 Å². The van der Waals surface area contributed by atoms with Gasteiger partial charge in [0, 0.05) is 38.6 Å². The van der Waals surface area contributed by atoms with E-state index in [1.165, 1.54) is 0 Å². The van der Waals surface area contributed by atoms with Crippen molar-refractivity contribution in [1.29, 1.82) is 0 Å². The summed E-state index contributed by atoms with van der Waals surface area (Å²) >= 11 is 0. The lowest BCUT2D eigenvalue weighted by atomic mass is 10.2. The summed E-state index contributed by atoms with van der Waals surface area (Å²) < 4.78 is 17.1. The number of nitrogens with one attached hydrogen (secondary N) is 1. The van der Waals surface area contributed by atoms with Crippen LogP contribution >= 0.6 is 0 Å². The van der Waals surface area contributed by atoms with E-state index < -0.39 is 0 Å². The zero-order chi connectivity index (χ0) is 18.2. The van der Waals surface area contributed by atoms with Crippen molar-refractivity contribution >= 4 is 0 Å². The fraction of sp³-hybridized carbons (Fsp3) is 0.450. The molecule has 140 valence electrons. The number of likely N-dealkylation sites (N-methyl/N-ethyl adjacent to an activating group) is 1. The van der Waals surface area contributed by atoms with Crippen LogP contribution in [0.4, 0.5) is 0 Å². The molecule has 1 atom stereocenters. The second-order valence-corrected chi connectivity index (χ2v) is 6.52. The molecule has 1 aliphatic heterocycles. The lowest BCUT2D eigenvalue weighted by Gasteiger charge is -2.30. The number of morpholine rings is 1. The van der Waals surface area contributed by atoms with Crippen molar-refractivity contribution in [2.45, 2.75) is 19.3 Å². The standard InChI is InChI=1S/C20H27N3O3/c1-23-9-10-25-18(14-23)13-22-12-17-3-4-19(20(11-17)24-2)26-15-16-5-7-21-8-6-16/h3-8,11,18,22H,9-10,12-15H2,1-2H3/t18-/m0/s1. The Morgan fingerprint density at radius 2 is 2.04 bits per heavy atom. The summed E-state index contributed by atoms with van der Waals surface area (Å²) in [7, 11) is 3.79. The SMILES string of the molecule is COc1cc(CNC[C@H]2CN(C)CCO2)ccc1OCc1ccncc1. The third kappa shape index (κ3) is 5.42. The van der Waals surface area contributed by atoms with Crippen LogP contribution < -0.4 is 14.8 Å². The van der Waals surface area contributed by atoms with Gasteiger partial charge < -0.3 is 24.4 Å². The number of benzene rings is 1. The van der Waals surface area contributed by atoms with Crippen molar-refractivity contribution in [3.63, 3.8) is 0 Å². The molecule has 0 aliphatic carbocycles. The highest BCUT2D eigenvalue weighted by Gasteiger charge is 2.17. The van der Waals surface area contributed by atoms with Gasteiger partial charge in [-0.25, -0.2) is 0 Å². The van der Waals surface area contributed by atoms with Crippen LogP contribution in [-0.2, 0) is 17.9 Å². The van der Waals surface area contributed by atoms with E-state index in [1.807, 2.05) is 24.3 Å². The predicted octanol–water partition coefficient (Wildman–Crippen LogP) is 2.09. The van der Waals surface area contributed by atoms with Gasteiger partial charge in [0.25, 0.3) is 0 Å². The van der Waals surface area contributed by atoms with Crippen molar-refractivity contribution in [3.8, 4) is 11.5 Å². The molecule has 2 heterocycles. The molecule has 0 radical (unpaired) electrons. The van der Waals surface area contributed by atoms with Gasteiger partial charge in [0.2, 0.25) is 0 Å². The number of methoxy groups -OCH3 is 1. The number of rotatable bonds is 8. The van der Waals surface area contributed by atoms with Crippen LogP contribution in [0.25, 0.3) is 0 Å². The van der Waals surface area contributed by atoms with Crippen LogP contribution in [0.5, 0.6) is 11.5 Å². The van der Waals surface area contributed by atoms with Gasteiger partial charge >= 0.3 is 0 Å². The maximum Gasteiger partial charge on any atom is 0.161 e. The summed E-state index contributed by atoms with van der Waals surface area (Å²) in [4.78, 5) is 6.31. The molecule has 1 N–H and O–H groups in total. The van der Waals surface area contributed by atoms with Crippen molar-refractivity contribution < 1.29 is 14.2 Å². The molecule has 1 aromatic carbocycles. The maximum absolute atomic E-state index is 5.88. The molecule has 0 unspecified atom stereocenters. The van der Waals surface area contributed by atoms with Crippen molar-refractivity contribution in [3.05, 3.63) is 53.9 Å². The van der Waals surface area contributed by atoms with Crippen LogP contribution in [0.2, 0.25) is 0 Å². The minimum atomic E-state index is 0.249. The number of ether oxygens (including phenoxy) is 3. The Morgan fingerprint density at radius 3 is 2.81 bits per heavy atom. The first-order valence-electron chi connectivity index (χ1n) is 8.94. The Kier molecular flexibility index (Phi) is 6.82. The third-order valence-corrected chi connectivity index (χ3v) is 4.41. The molecule has 6 heteroatoms. The van der Waals surface area contributed by atoms with Gasteiger partial charge in [-0.15, -0.1) is 0 Å². The van der Waals surface area contributed by atoms with Gasteiger partial charge in [-0.05, 0) is 42.4 Å². The van der Waals surface area contributed by atoms with Crippen LogP contribution in [0.3, 0.4) is 0 Å². The van der Waals surface area contributed by atoms with E-state index in [0.29, 0.717) is 6.61 Å². The fourth-order valence-electron chi connectivity index (χ4n) is 2.95. The van der Waals surface area contributed by atoms with Crippen LogP contribution in [0, 0.1) is 0 Å². The molecule has 6 nitrogen and oxygen atoms in total. The average Bonchev–Trinajstić information content (AvgIpc) is 2.67. The normalized spacial score (nSPS) is 17.8. The minimum Gasteiger partial charge on any atom is -0.493 e. The molecule has 0 bridgehead atoms. The van der Waals surface area contributed by atoms with Crippen LogP contribution in [0.1, 0.15) is 11.1 Å². The lowest BCUT2D eigenvalue weighted by Crippen LogP contribution is -2.44. The zero-order valence-electron chi connectivity index (χ0n) is 15.5. The van der Waals surface area contributed by atoms with Gasteiger partial charge in [-0.3, -0.25) is 4.98 Å². The largest absolute Gasteiger partial charge is 0.493 e. The monoisotopic (exact) mass is 357 g/mol. The Hall–Kier alpha value is -2.15. The highest BCUT2D eigenvalue weighted by Crippen LogP contribution is 2.28. The number of hydrogen-bond acceptors (Lipinski definition) is 6. The van der Waals surface area contributed by atoms with Crippen LogP contribution in [0.15, 0.2) is 42.7 Å². The number of pyridine rings is 1. The second-order valence-electron chi connectivity index (χ2n) is 6.52. The van der Waals surface area contributed by atoms with Crippen molar-refractivity contribution in [2.75, 3.05) is 40.4 Å². The number of aromatic nitrogens is 1. The van der Waals surface area contributed by atoms with Gasteiger partial charge in [0.15, 0.2) is 11.5 Å². The first kappa shape index (κ1) is 18.6. The highest BCUT2D eigenvalue weighted by atomic mass is 16.5. The lowest BCUT2D eigenvalue weighted by molar-refractivity contribution is -0.0182. The first-order chi connectivity index (χ1) is 12.7. The van der Waals surface area contributed by atoms with Gasteiger partial charge in [-0.1, -0.05) is 6.07 Å².